The van der Waals surface area contributed by atoms with Crippen molar-refractivity contribution in [3.8, 4) is 0 Å². The molecule has 88 valence electrons. The van der Waals surface area contributed by atoms with Crippen LogP contribution in [0.1, 0.15) is 72.1 Å². The fourth-order valence-corrected chi connectivity index (χ4v) is 2.81. The summed E-state index contributed by atoms with van der Waals surface area (Å²) in [6, 6.07) is 0. The van der Waals surface area contributed by atoms with Gasteiger partial charge in [0.05, 0.1) is 0 Å². The van der Waals surface area contributed by atoms with Gasteiger partial charge in [0, 0.05) is 12.3 Å². The van der Waals surface area contributed by atoms with E-state index in [0.717, 1.165) is 19.3 Å². The average molecular weight is 210 g/mol. The number of rotatable bonds is 5. The molecule has 0 bridgehead atoms. The quantitative estimate of drug-likeness (QED) is 0.616. The van der Waals surface area contributed by atoms with Gasteiger partial charge in [0.1, 0.15) is 5.78 Å². The van der Waals surface area contributed by atoms with Crippen molar-refractivity contribution >= 4 is 5.78 Å². The van der Waals surface area contributed by atoms with Gasteiger partial charge in [0.15, 0.2) is 0 Å². The molecule has 1 saturated carbocycles. The van der Waals surface area contributed by atoms with Crippen molar-refractivity contribution in [2.45, 2.75) is 72.1 Å². The van der Waals surface area contributed by atoms with Gasteiger partial charge in [-0.3, -0.25) is 4.79 Å². The minimum atomic E-state index is 0.265. The first-order valence-electron chi connectivity index (χ1n) is 6.60. The number of carbonyl (C=O) groups excluding carboxylic acids is 1. The van der Waals surface area contributed by atoms with Crippen molar-refractivity contribution in [2.24, 2.45) is 11.3 Å². The third-order valence-corrected chi connectivity index (χ3v) is 3.92. The molecule has 15 heavy (non-hydrogen) atoms. The normalized spacial score (nSPS) is 25.1. The second kappa shape index (κ2) is 5.67. The van der Waals surface area contributed by atoms with Gasteiger partial charge < -0.3 is 0 Å². The van der Waals surface area contributed by atoms with Gasteiger partial charge in [-0.1, -0.05) is 46.5 Å². The van der Waals surface area contributed by atoms with E-state index in [-0.39, 0.29) is 5.41 Å². The third-order valence-electron chi connectivity index (χ3n) is 3.92. The van der Waals surface area contributed by atoms with Gasteiger partial charge in [-0.05, 0) is 24.7 Å². The largest absolute Gasteiger partial charge is 0.299 e. The summed E-state index contributed by atoms with van der Waals surface area (Å²) >= 11 is 0. The van der Waals surface area contributed by atoms with Crippen molar-refractivity contribution in [1.29, 1.82) is 0 Å². The first kappa shape index (κ1) is 12.7. The van der Waals surface area contributed by atoms with E-state index >= 15 is 0 Å². The van der Waals surface area contributed by atoms with Gasteiger partial charge in [-0.25, -0.2) is 0 Å². The van der Waals surface area contributed by atoms with E-state index in [0.29, 0.717) is 11.7 Å². The van der Waals surface area contributed by atoms with Gasteiger partial charge in [-0.15, -0.1) is 0 Å². The van der Waals surface area contributed by atoms with Crippen LogP contribution >= 0.6 is 0 Å². The number of Topliss-reactive ketones (excluding diaryl/α,β-unsaturated/α-hetero) is 1. The first-order chi connectivity index (χ1) is 7.08. The molecule has 1 fully saturated rings. The highest BCUT2D eigenvalue weighted by Gasteiger charge is 2.36. The molecule has 1 heteroatoms. The standard InChI is InChI=1S/C14H26O/c1-4-5-6-10-13(15)12-9-7-8-11-14(12,2)3/h12H,4-11H2,1-3H3. The van der Waals surface area contributed by atoms with Crippen LogP contribution < -0.4 is 0 Å². The predicted octanol–water partition coefficient (Wildman–Crippen LogP) is 4.35. The summed E-state index contributed by atoms with van der Waals surface area (Å²) in [5.41, 5.74) is 0.265. The second-order valence-electron chi connectivity index (χ2n) is 5.71. The van der Waals surface area contributed by atoms with Crippen LogP contribution in [0.15, 0.2) is 0 Å². The molecule has 0 amide bonds. The minimum Gasteiger partial charge on any atom is -0.299 e. The summed E-state index contributed by atoms with van der Waals surface area (Å²) in [7, 11) is 0. The van der Waals surface area contributed by atoms with Crippen LogP contribution in [0, 0.1) is 11.3 Å². The van der Waals surface area contributed by atoms with E-state index in [1.165, 1.54) is 32.1 Å². The minimum absolute atomic E-state index is 0.265. The van der Waals surface area contributed by atoms with E-state index in [2.05, 4.69) is 20.8 Å². The maximum Gasteiger partial charge on any atom is 0.136 e. The number of carbonyl (C=O) groups is 1. The molecule has 1 atom stereocenters. The fraction of sp³-hybridized carbons (Fsp3) is 0.929. The Morgan fingerprint density at radius 1 is 1.27 bits per heavy atom. The van der Waals surface area contributed by atoms with Gasteiger partial charge in [0.2, 0.25) is 0 Å². The zero-order chi connectivity index (χ0) is 11.3. The van der Waals surface area contributed by atoms with Crippen LogP contribution in [0.4, 0.5) is 0 Å². The molecule has 0 aromatic rings. The first-order valence-corrected chi connectivity index (χ1v) is 6.60. The van der Waals surface area contributed by atoms with Crippen molar-refractivity contribution in [1.82, 2.24) is 0 Å². The molecular weight excluding hydrogens is 184 g/mol. The molecule has 0 heterocycles. The van der Waals surface area contributed by atoms with Crippen LogP contribution in [-0.4, -0.2) is 5.78 Å². The Balaban J connectivity index is 2.42. The van der Waals surface area contributed by atoms with E-state index in [1.807, 2.05) is 0 Å². The van der Waals surface area contributed by atoms with Crippen molar-refractivity contribution < 1.29 is 4.79 Å². The zero-order valence-corrected chi connectivity index (χ0v) is 10.6. The third kappa shape index (κ3) is 3.62. The second-order valence-corrected chi connectivity index (χ2v) is 5.71. The van der Waals surface area contributed by atoms with Gasteiger partial charge >= 0.3 is 0 Å². The number of hydrogen-bond donors (Lipinski definition) is 0. The Bertz CT molecular complexity index is 205. The molecule has 1 unspecified atom stereocenters. The van der Waals surface area contributed by atoms with E-state index in [4.69, 9.17) is 0 Å². The summed E-state index contributed by atoms with van der Waals surface area (Å²) in [6.45, 7) is 6.73. The molecule has 1 aliphatic carbocycles. The average Bonchev–Trinajstić information content (AvgIpc) is 2.17. The van der Waals surface area contributed by atoms with Crippen molar-refractivity contribution in [2.75, 3.05) is 0 Å². The molecule has 0 spiro atoms. The van der Waals surface area contributed by atoms with Crippen LogP contribution in [0.5, 0.6) is 0 Å². The van der Waals surface area contributed by atoms with Crippen LogP contribution in [-0.2, 0) is 4.79 Å². The van der Waals surface area contributed by atoms with E-state index < -0.39 is 0 Å². The summed E-state index contributed by atoms with van der Waals surface area (Å²) in [5, 5.41) is 0. The molecule has 1 nitrogen and oxygen atoms in total. The molecular formula is C14H26O. The summed E-state index contributed by atoms with van der Waals surface area (Å²) in [6.07, 6.45) is 9.28. The zero-order valence-electron chi connectivity index (χ0n) is 10.6. The Labute approximate surface area is 94.6 Å². The van der Waals surface area contributed by atoms with Crippen LogP contribution in [0.25, 0.3) is 0 Å². The lowest BCUT2D eigenvalue weighted by atomic mass is 9.66. The van der Waals surface area contributed by atoms with Crippen LogP contribution in [0.2, 0.25) is 0 Å². The molecule has 0 aromatic carbocycles. The molecule has 0 aliphatic heterocycles. The number of hydrogen-bond acceptors (Lipinski definition) is 1. The molecule has 1 aliphatic rings. The summed E-state index contributed by atoms with van der Waals surface area (Å²) in [5.74, 6) is 0.885. The Morgan fingerprint density at radius 3 is 2.60 bits per heavy atom. The fourth-order valence-electron chi connectivity index (χ4n) is 2.81. The van der Waals surface area contributed by atoms with Crippen LogP contribution in [0.3, 0.4) is 0 Å². The molecule has 0 N–H and O–H groups in total. The Hall–Kier alpha value is -0.330. The maximum absolute atomic E-state index is 12.1. The summed E-state index contributed by atoms with van der Waals surface area (Å²) in [4.78, 5) is 12.1. The molecule has 0 radical (unpaired) electrons. The highest BCUT2D eigenvalue weighted by molar-refractivity contribution is 5.81. The SMILES string of the molecule is CCCCCC(=O)C1CCCCC1(C)C. The van der Waals surface area contributed by atoms with E-state index in [1.54, 1.807) is 0 Å². The predicted molar refractivity (Wildman–Crippen MR) is 64.9 cm³/mol. The lowest BCUT2D eigenvalue weighted by Gasteiger charge is -2.37. The molecule has 0 aromatic heterocycles. The Morgan fingerprint density at radius 2 is 2.00 bits per heavy atom. The number of ketones is 1. The molecule has 0 saturated heterocycles. The number of unbranched alkanes of at least 4 members (excludes halogenated alkanes) is 2. The maximum atomic E-state index is 12.1. The molecule has 1 rings (SSSR count). The smallest absolute Gasteiger partial charge is 0.136 e. The summed E-state index contributed by atoms with van der Waals surface area (Å²) < 4.78 is 0. The highest BCUT2D eigenvalue weighted by atomic mass is 16.1. The monoisotopic (exact) mass is 210 g/mol. The van der Waals surface area contributed by atoms with Crippen molar-refractivity contribution in [3.05, 3.63) is 0 Å². The highest BCUT2D eigenvalue weighted by Crippen LogP contribution is 2.41. The topological polar surface area (TPSA) is 17.1 Å². The lowest BCUT2D eigenvalue weighted by Crippen LogP contribution is -2.33. The van der Waals surface area contributed by atoms with E-state index in [9.17, 15) is 4.79 Å². The lowest BCUT2D eigenvalue weighted by molar-refractivity contribution is -0.128. The van der Waals surface area contributed by atoms with Gasteiger partial charge in [0.25, 0.3) is 0 Å². The van der Waals surface area contributed by atoms with Gasteiger partial charge in [-0.2, -0.15) is 0 Å². The Kier molecular flexibility index (Phi) is 4.82. The van der Waals surface area contributed by atoms with Crippen molar-refractivity contribution in [3.63, 3.8) is 0 Å².